The maximum absolute atomic E-state index is 5.42. The summed E-state index contributed by atoms with van der Waals surface area (Å²) in [4.78, 5) is 4.43. The van der Waals surface area contributed by atoms with Crippen molar-refractivity contribution in [2.45, 2.75) is 20.8 Å². The minimum Gasteiger partial charge on any atom is -0.478 e. The van der Waals surface area contributed by atoms with E-state index < -0.39 is 0 Å². The van der Waals surface area contributed by atoms with Gasteiger partial charge in [0.25, 0.3) is 0 Å². The van der Waals surface area contributed by atoms with E-state index in [4.69, 9.17) is 4.74 Å². The SMILES string of the molecule is CCOc1cc2cccc(C)c2c(C)n1. The van der Waals surface area contributed by atoms with E-state index in [-0.39, 0.29) is 0 Å². The van der Waals surface area contributed by atoms with Gasteiger partial charge in [-0.05, 0) is 31.7 Å². The second-order valence-electron chi connectivity index (χ2n) is 3.65. The van der Waals surface area contributed by atoms with Crippen LogP contribution in [0.2, 0.25) is 0 Å². The quantitative estimate of drug-likeness (QED) is 0.744. The van der Waals surface area contributed by atoms with Crippen molar-refractivity contribution < 1.29 is 4.74 Å². The van der Waals surface area contributed by atoms with Gasteiger partial charge in [-0.1, -0.05) is 18.2 Å². The number of rotatable bonds is 2. The summed E-state index contributed by atoms with van der Waals surface area (Å²) in [6.07, 6.45) is 0. The molecule has 0 N–H and O–H groups in total. The number of hydrogen-bond acceptors (Lipinski definition) is 2. The van der Waals surface area contributed by atoms with E-state index in [1.54, 1.807) is 0 Å². The molecule has 1 aromatic carbocycles. The van der Waals surface area contributed by atoms with Gasteiger partial charge in [0.15, 0.2) is 0 Å². The van der Waals surface area contributed by atoms with Crippen LogP contribution >= 0.6 is 0 Å². The first-order chi connectivity index (χ1) is 7.22. The topological polar surface area (TPSA) is 22.1 Å². The molecule has 0 atom stereocenters. The van der Waals surface area contributed by atoms with Crippen molar-refractivity contribution in [3.05, 3.63) is 35.5 Å². The summed E-state index contributed by atoms with van der Waals surface area (Å²) in [6.45, 7) is 6.76. The van der Waals surface area contributed by atoms with Crippen LogP contribution in [0.4, 0.5) is 0 Å². The van der Waals surface area contributed by atoms with Gasteiger partial charge in [0.05, 0.1) is 6.61 Å². The molecule has 0 aliphatic carbocycles. The molecule has 0 bridgehead atoms. The van der Waals surface area contributed by atoms with E-state index in [0.29, 0.717) is 12.5 Å². The predicted molar refractivity (Wildman–Crippen MR) is 62.4 cm³/mol. The molecule has 0 saturated carbocycles. The van der Waals surface area contributed by atoms with Gasteiger partial charge in [-0.3, -0.25) is 0 Å². The lowest BCUT2D eigenvalue weighted by molar-refractivity contribution is 0.327. The molecule has 0 aliphatic heterocycles. The van der Waals surface area contributed by atoms with Crippen LogP contribution in [0.3, 0.4) is 0 Å². The molecule has 0 radical (unpaired) electrons. The number of aromatic nitrogens is 1. The molecule has 0 unspecified atom stereocenters. The van der Waals surface area contributed by atoms with E-state index >= 15 is 0 Å². The second kappa shape index (κ2) is 3.89. The number of pyridine rings is 1. The Balaban J connectivity index is 2.67. The monoisotopic (exact) mass is 201 g/mol. The van der Waals surface area contributed by atoms with Crippen molar-refractivity contribution in [3.63, 3.8) is 0 Å². The Kier molecular flexibility index (Phi) is 2.58. The van der Waals surface area contributed by atoms with Crippen molar-refractivity contribution in [1.82, 2.24) is 4.98 Å². The third-order valence-corrected chi connectivity index (χ3v) is 2.52. The summed E-state index contributed by atoms with van der Waals surface area (Å²) >= 11 is 0. The molecule has 0 spiro atoms. The fourth-order valence-corrected chi connectivity index (χ4v) is 1.91. The molecule has 0 saturated heterocycles. The Morgan fingerprint density at radius 1 is 1.27 bits per heavy atom. The van der Waals surface area contributed by atoms with Crippen molar-refractivity contribution >= 4 is 10.8 Å². The van der Waals surface area contributed by atoms with Gasteiger partial charge in [0.1, 0.15) is 0 Å². The summed E-state index contributed by atoms with van der Waals surface area (Å²) < 4.78 is 5.42. The van der Waals surface area contributed by atoms with E-state index in [2.05, 4.69) is 30.1 Å². The molecule has 1 aromatic heterocycles. The Labute approximate surface area is 89.9 Å². The van der Waals surface area contributed by atoms with Crippen LogP contribution in [0, 0.1) is 13.8 Å². The van der Waals surface area contributed by atoms with Crippen LogP contribution < -0.4 is 4.74 Å². The molecule has 1 heterocycles. The zero-order valence-electron chi connectivity index (χ0n) is 9.37. The Bertz CT molecular complexity index is 491. The van der Waals surface area contributed by atoms with Gasteiger partial charge in [-0.15, -0.1) is 0 Å². The first kappa shape index (κ1) is 9.97. The minimum atomic E-state index is 0.657. The van der Waals surface area contributed by atoms with Crippen LogP contribution in [0.15, 0.2) is 24.3 Å². The minimum absolute atomic E-state index is 0.657. The highest BCUT2D eigenvalue weighted by atomic mass is 16.5. The number of ether oxygens (including phenoxy) is 1. The highest BCUT2D eigenvalue weighted by molar-refractivity contribution is 5.88. The fourth-order valence-electron chi connectivity index (χ4n) is 1.91. The zero-order valence-corrected chi connectivity index (χ0v) is 9.37. The van der Waals surface area contributed by atoms with Crippen molar-refractivity contribution in [3.8, 4) is 5.88 Å². The van der Waals surface area contributed by atoms with Crippen LogP contribution in [0.1, 0.15) is 18.2 Å². The van der Waals surface area contributed by atoms with Crippen LogP contribution in [0.25, 0.3) is 10.8 Å². The molecule has 15 heavy (non-hydrogen) atoms. The molecule has 2 aromatic rings. The second-order valence-corrected chi connectivity index (χ2v) is 3.65. The van der Waals surface area contributed by atoms with E-state index in [1.807, 2.05) is 19.9 Å². The summed E-state index contributed by atoms with van der Waals surface area (Å²) in [5, 5.41) is 2.44. The van der Waals surface area contributed by atoms with Crippen molar-refractivity contribution in [2.75, 3.05) is 6.61 Å². The van der Waals surface area contributed by atoms with E-state index in [1.165, 1.54) is 16.3 Å². The van der Waals surface area contributed by atoms with Gasteiger partial charge in [-0.2, -0.15) is 0 Å². The zero-order chi connectivity index (χ0) is 10.8. The van der Waals surface area contributed by atoms with Crippen LogP contribution in [-0.2, 0) is 0 Å². The van der Waals surface area contributed by atoms with Gasteiger partial charge in [-0.25, -0.2) is 4.98 Å². The lowest BCUT2D eigenvalue weighted by Gasteiger charge is -2.08. The molecule has 2 nitrogen and oxygen atoms in total. The normalized spacial score (nSPS) is 10.6. The number of nitrogens with zero attached hydrogens (tertiary/aromatic N) is 1. The molecular weight excluding hydrogens is 186 g/mol. The molecule has 2 heteroatoms. The Morgan fingerprint density at radius 2 is 2.07 bits per heavy atom. The summed E-state index contributed by atoms with van der Waals surface area (Å²) in [5.74, 6) is 0.716. The summed E-state index contributed by atoms with van der Waals surface area (Å²) in [6, 6.07) is 8.27. The molecular formula is C13H15NO. The standard InChI is InChI=1S/C13H15NO/c1-4-15-12-8-11-7-5-6-9(2)13(11)10(3)14-12/h5-8H,4H2,1-3H3. The number of hydrogen-bond donors (Lipinski definition) is 0. The average molecular weight is 201 g/mol. The average Bonchev–Trinajstić information content (AvgIpc) is 2.17. The first-order valence-corrected chi connectivity index (χ1v) is 5.22. The molecule has 2 rings (SSSR count). The van der Waals surface area contributed by atoms with Gasteiger partial charge < -0.3 is 4.74 Å². The first-order valence-electron chi connectivity index (χ1n) is 5.22. The van der Waals surface area contributed by atoms with Gasteiger partial charge in [0, 0.05) is 17.1 Å². The number of fused-ring (bicyclic) bond motifs is 1. The van der Waals surface area contributed by atoms with Crippen molar-refractivity contribution in [1.29, 1.82) is 0 Å². The molecule has 0 fully saturated rings. The lowest BCUT2D eigenvalue weighted by Crippen LogP contribution is -1.96. The highest BCUT2D eigenvalue weighted by Crippen LogP contribution is 2.24. The summed E-state index contributed by atoms with van der Waals surface area (Å²) in [7, 11) is 0. The highest BCUT2D eigenvalue weighted by Gasteiger charge is 2.04. The third-order valence-electron chi connectivity index (χ3n) is 2.52. The third kappa shape index (κ3) is 1.80. The van der Waals surface area contributed by atoms with E-state index in [0.717, 1.165) is 5.69 Å². The maximum atomic E-state index is 5.42. The summed E-state index contributed by atoms with van der Waals surface area (Å²) in [5.41, 5.74) is 2.30. The smallest absolute Gasteiger partial charge is 0.214 e. The molecule has 78 valence electrons. The fraction of sp³-hybridized carbons (Fsp3) is 0.308. The van der Waals surface area contributed by atoms with E-state index in [9.17, 15) is 0 Å². The Morgan fingerprint density at radius 3 is 2.80 bits per heavy atom. The van der Waals surface area contributed by atoms with Gasteiger partial charge >= 0.3 is 0 Å². The largest absolute Gasteiger partial charge is 0.478 e. The molecule has 0 aliphatic rings. The van der Waals surface area contributed by atoms with Gasteiger partial charge in [0.2, 0.25) is 5.88 Å². The maximum Gasteiger partial charge on any atom is 0.214 e. The van der Waals surface area contributed by atoms with Crippen LogP contribution in [0.5, 0.6) is 5.88 Å². The number of aryl methyl sites for hydroxylation is 2. The lowest BCUT2D eigenvalue weighted by atomic mass is 10.1. The Hall–Kier alpha value is -1.57. The molecule has 0 amide bonds. The predicted octanol–water partition coefficient (Wildman–Crippen LogP) is 3.25. The van der Waals surface area contributed by atoms with Crippen LogP contribution in [-0.4, -0.2) is 11.6 Å². The van der Waals surface area contributed by atoms with Crippen molar-refractivity contribution in [2.24, 2.45) is 0 Å². The number of benzene rings is 1.